The highest BCUT2D eigenvalue weighted by Gasteiger charge is 2.26. The number of hydrogen-bond donors (Lipinski definition) is 1. The van der Waals surface area contributed by atoms with E-state index in [1.165, 1.54) is 32.1 Å². The summed E-state index contributed by atoms with van der Waals surface area (Å²) in [7, 11) is 1.65. The van der Waals surface area contributed by atoms with Crippen LogP contribution >= 0.6 is 11.8 Å². The molecule has 0 spiro atoms. The molecular weight excluding hydrogens is 436 g/mol. The van der Waals surface area contributed by atoms with Crippen LogP contribution in [0.3, 0.4) is 0 Å². The van der Waals surface area contributed by atoms with Crippen LogP contribution in [0.2, 0.25) is 0 Å². The Bertz CT molecular complexity index is 859. The van der Waals surface area contributed by atoms with Gasteiger partial charge in [-0.05, 0) is 75.2 Å². The number of hydrogen-bond acceptors (Lipinski definition) is 7. The van der Waals surface area contributed by atoms with Gasteiger partial charge in [-0.25, -0.2) is 0 Å². The largest absolute Gasteiger partial charge is 0.497 e. The molecular formula is C25H36N4O3S. The topological polar surface area (TPSA) is 80.5 Å². The molecule has 2 heterocycles. The number of methoxy groups -OCH3 is 1. The number of likely N-dealkylation sites (tertiary alicyclic amines) is 1. The fourth-order valence-corrected chi connectivity index (χ4v) is 5.94. The smallest absolute Gasteiger partial charge is 0.241 e. The Kier molecular flexibility index (Phi) is 9.06. The normalized spacial score (nSPS) is 18.3. The van der Waals surface area contributed by atoms with Gasteiger partial charge in [-0.1, -0.05) is 24.4 Å². The molecule has 0 bridgehead atoms. The third kappa shape index (κ3) is 7.21. The number of rotatable bonds is 10. The van der Waals surface area contributed by atoms with Crippen LogP contribution in [0.25, 0.3) is 11.4 Å². The SMILES string of the molecule is COc1ccc(-c2noc(CN3CCC(C(=O)NCCCSC4CCCCC4)CC3)n2)cc1. The monoisotopic (exact) mass is 472 g/mol. The van der Waals surface area contributed by atoms with Gasteiger partial charge in [0.2, 0.25) is 17.6 Å². The lowest BCUT2D eigenvalue weighted by atomic mass is 9.96. The lowest BCUT2D eigenvalue weighted by molar-refractivity contribution is -0.126. The lowest BCUT2D eigenvalue weighted by Crippen LogP contribution is -2.40. The van der Waals surface area contributed by atoms with E-state index < -0.39 is 0 Å². The first-order chi connectivity index (χ1) is 16.2. The van der Waals surface area contributed by atoms with Crippen LogP contribution in [0.4, 0.5) is 0 Å². The fourth-order valence-electron chi connectivity index (χ4n) is 4.63. The van der Waals surface area contributed by atoms with Gasteiger partial charge < -0.3 is 14.6 Å². The number of thioether (sulfide) groups is 1. The van der Waals surface area contributed by atoms with Crippen LogP contribution in [0.5, 0.6) is 5.75 Å². The van der Waals surface area contributed by atoms with E-state index in [2.05, 4.69) is 32.1 Å². The van der Waals surface area contributed by atoms with Gasteiger partial charge in [0.1, 0.15) is 5.75 Å². The molecule has 1 saturated carbocycles. The highest BCUT2D eigenvalue weighted by atomic mass is 32.2. The van der Waals surface area contributed by atoms with E-state index in [0.29, 0.717) is 18.3 Å². The Morgan fingerprint density at radius 2 is 1.91 bits per heavy atom. The van der Waals surface area contributed by atoms with Crippen LogP contribution in [-0.2, 0) is 11.3 Å². The van der Waals surface area contributed by atoms with Crippen molar-refractivity contribution in [3.8, 4) is 17.1 Å². The van der Waals surface area contributed by atoms with Crippen molar-refractivity contribution < 1.29 is 14.1 Å². The molecule has 0 radical (unpaired) electrons. The minimum absolute atomic E-state index is 0.116. The maximum absolute atomic E-state index is 12.5. The summed E-state index contributed by atoms with van der Waals surface area (Å²) >= 11 is 2.10. The number of carbonyl (C=O) groups excluding carboxylic acids is 1. The zero-order chi connectivity index (χ0) is 22.9. The van der Waals surface area contributed by atoms with Gasteiger partial charge in [0.05, 0.1) is 13.7 Å². The van der Waals surface area contributed by atoms with Crippen LogP contribution < -0.4 is 10.1 Å². The molecule has 1 aromatic carbocycles. The molecule has 8 heteroatoms. The van der Waals surface area contributed by atoms with Crippen molar-refractivity contribution >= 4 is 17.7 Å². The second-order valence-corrected chi connectivity index (χ2v) is 10.5. The van der Waals surface area contributed by atoms with Crippen molar-refractivity contribution in [2.24, 2.45) is 5.92 Å². The molecule has 2 fully saturated rings. The van der Waals surface area contributed by atoms with E-state index in [-0.39, 0.29) is 11.8 Å². The molecule has 1 aliphatic carbocycles. The van der Waals surface area contributed by atoms with Crippen molar-refractivity contribution in [3.05, 3.63) is 30.2 Å². The minimum Gasteiger partial charge on any atom is -0.497 e. The van der Waals surface area contributed by atoms with Crippen LogP contribution in [0.15, 0.2) is 28.8 Å². The standard InChI is InChI=1S/C25H36N4O3S/c1-31-21-10-8-19(9-11-21)24-27-23(32-28-24)18-29-15-12-20(13-16-29)25(30)26-14-5-17-33-22-6-3-2-4-7-22/h8-11,20,22H,2-7,12-18H2,1H3,(H,26,30). The first kappa shape index (κ1) is 24.1. The number of nitrogens with zero attached hydrogens (tertiary/aromatic N) is 3. The zero-order valence-electron chi connectivity index (χ0n) is 19.6. The molecule has 0 unspecified atom stereocenters. The quantitative estimate of drug-likeness (QED) is 0.509. The van der Waals surface area contributed by atoms with Crippen LogP contribution in [0.1, 0.15) is 57.3 Å². The maximum atomic E-state index is 12.5. The molecule has 1 amide bonds. The van der Waals surface area contributed by atoms with Gasteiger partial charge >= 0.3 is 0 Å². The third-order valence-corrected chi connectivity index (χ3v) is 8.13. The summed E-state index contributed by atoms with van der Waals surface area (Å²) in [5.41, 5.74) is 0.901. The summed E-state index contributed by atoms with van der Waals surface area (Å²) in [6, 6.07) is 7.62. The zero-order valence-corrected chi connectivity index (χ0v) is 20.4. The highest BCUT2D eigenvalue weighted by Crippen LogP contribution is 2.28. The summed E-state index contributed by atoms with van der Waals surface area (Å²) in [4.78, 5) is 19.4. The van der Waals surface area contributed by atoms with E-state index in [1.807, 2.05) is 24.3 Å². The van der Waals surface area contributed by atoms with Crippen molar-refractivity contribution in [1.29, 1.82) is 0 Å². The summed E-state index contributed by atoms with van der Waals surface area (Å²) in [6.45, 7) is 3.16. The molecule has 0 atom stereocenters. The maximum Gasteiger partial charge on any atom is 0.241 e. The summed E-state index contributed by atoms with van der Waals surface area (Å²) in [5, 5.41) is 8.13. The van der Waals surface area contributed by atoms with E-state index in [4.69, 9.17) is 9.26 Å². The van der Waals surface area contributed by atoms with Crippen molar-refractivity contribution in [2.45, 2.75) is 63.2 Å². The molecule has 1 saturated heterocycles. The van der Waals surface area contributed by atoms with E-state index in [0.717, 1.165) is 61.2 Å². The Morgan fingerprint density at radius 3 is 2.64 bits per heavy atom. The van der Waals surface area contributed by atoms with Crippen LogP contribution in [0, 0.1) is 5.92 Å². The first-order valence-corrected chi connectivity index (χ1v) is 13.3. The highest BCUT2D eigenvalue weighted by molar-refractivity contribution is 7.99. The number of nitrogens with one attached hydrogen (secondary N) is 1. The minimum atomic E-state index is 0.116. The van der Waals surface area contributed by atoms with Gasteiger partial charge in [0.25, 0.3) is 0 Å². The van der Waals surface area contributed by atoms with Crippen molar-refractivity contribution in [3.63, 3.8) is 0 Å². The second kappa shape index (κ2) is 12.4. The number of amides is 1. The van der Waals surface area contributed by atoms with E-state index in [9.17, 15) is 4.79 Å². The number of piperidine rings is 1. The van der Waals surface area contributed by atoms with Gasteiger partial charge in [-0.15, -0.1) is 0 Å². The van der Waals surface area contributed by atoms with Gasteiger partial charge in [0.15, 0.2) is 0 Å². The molecule has 180 valence electrons. The predicted octanol–water partition coefficient (Wildman–Crippen LogP) is 4.53. The van der Waals surface area contributed by atoms with Crippen LogP contribution in [-0.4, -0.2) is 58.7 Å². The molecule has 2 aromatic rings. The first-order valence-electron chi connectivity index (χ1n) is 12.3. The summed E-state index contributed by atoms with van der Waals surface area (Å²) in [6.07, 6.45) is 9.77. The van der Waals surface area contributed by atoms with Gasteiger partial charge in [0, 0.05) is 23.3 Å². The average Bonchev–Trinajstić information content (AvgIpc) is 3.33. The second-order valence-electron chi connectivity index (χ2n) is 9.07. The molecule has 1 N–H and O–H groups in total. The van der Waals surface area contributed by atoms with Gasteiger partial charge in [-0.2, -0.15) is 16.7 Å². The fraction of sp³-hybridized carbons (Fsp3) is 0.640. The Labute approximate surface area is 201 Å². The molecule has 33 heavy (non-hydrogen) atoms. The van der Waals surface area contributed by atoms with E-state index in [1.54, 1.807) is 7.11 Å². The van der Waals surface area contributed by atoms with Crippen molar-refractivity contribution in [1.82, 2.24) is 20.4 Å². The van der Waals surface area contributed by atoms with E-state index >= 15 is 0 Å². The summed E-state index contributed by atoms with van der Waals surface area (Å²) in [5.74, 6) is 3.49. The number of carbonyl (C=O) groups is 1. The molecule has 2 aliphatic rings. The lowest BCUT2D eigenvalue weighted by Gasteiger charge is -2.30. The predicted molar refractivity (Wildman–Crippen MR) is 131 cm³/mol. The number of benzene rings is 1. The molecule has 1 aliphatic heterocycles. The van der Waals surface area contributed by atoms with Gasteiger partial charge in [-0.3, -0.25) is 9.69 Å². The number of aromatic nitrogens is 2. The summed E-state index contributed by atoms with van der Waals surface area (Å²) < 4.78 is 10.6. The van der Waals surface area contributed by atoms with Crippen molar-refractivity contribution in [2.75, 3.05) is 32.5 Å². The third-order valence-electron chi connectivity index (χ3n) is 6.66. The Hall–Kier alpha value is -2.06. The number of ether oxygens (including phenoxy) is 1. The average molecular weight is 473 g/mol. The Morgan fingerprint density at radius 1 is 1.15 bits per heavy atom. The Balaban J connectivity index is 1.12. The molecule has 4 rings (SSSR count). The molecule has 7 nitrogen and oxygen atoms in total. The molecule has 1 aromatic heterocycles.